The van der Waals surface area contributed by atoms with Gasteiger partial charge in [-0.3, -0.25) is 14.7 Å². The van der Waals surface area contributed by atoms with Crippen LogP contribution in [0.15, 0.2) is 39.5 Å². The van der Waals surface area contributed by atoms with Crippen LogP contribution in [-0.4, -0.2) is 61.7 Å². The number of ether oxygens (including phenoxy) is 1. The van der Waals surface area contributed by atoms with Gasteiger partial charge < -0.3 is 19.4 Å². The van der Waals surface area contributed by atoms with Crippen LogP contribution >= 0.6 is 0 Å². The number of hydrogen-bond donors (Lipinski definition) is 2. The molecule has 0 radical (unpaired) electrons. The quantitative estimate of drug-likeness (QED) is 0.604. The van der Waals surface area contributed by atoms with Gasteiger partial charge in [-0.05, 0) is 25.1 Å². The first-order valence-electron chi connectivity index (χ1n) is 10.3. The molecule has 0 spiro atoms. The fraction of sp³-hybridized carbons (Fsp3) is 0.364. The van der Waals surface area contributed by atoms with E-state index in [0.29, 0.717) is 55.1 Å². The number of anilines is 1. The van der Waals surface area contributed by atoms with Gasteiger partial charge in [-0.25, -0.2) is 13.6 Å². The smallest absolute Gasteiger partial charge is 0.417 e. The number of nitrogens with zero attached hydrogens (tertiary/aromatic N) is 2. The van der Waals surface area contributed by atoms with Gasteiger partial charge in [0.15, 0.2) is 23.0 Å². The number of piperazine rings is 1. The van der Waals surface area contributed by atoms with Crippen molar-refractivity contribution in [2.45, 2.75) is 13.0 Å². The number of fused-ring (bicyclic) bond motifs is 1. The summed E-state index contributed by atoms with van der Waals surface area (Å²) in [5.41, 5.74) is 1.75. The van der Waals surface area contributed by atoms with Crippen molar-refractivity contribution >= 4 is 22.7 Å². The predicted octanol–water partition coefficient (Wildman–Crippen LogP) is 2.35. The van der Waals surface area contributed by atoms with E-state index in [4.69, 9.17) is 9.15 Å². The van der Waals surface area contributed by atoms with E-state index in [9.17, 15) is 18.4 Å². The first-order valence-corrected chi connectivity index (χ1v) is 10.3. The van der Waals surface area contributed by atoms with Gasteiger partial charge in [0.25, 0.3) is 5.91 Å². The Bertz CT molecular complexity index is 1170. The molecule has 8 nitrogen and oxygen atoms in total. The highest BCUT2D eigenvalue weighted by Gasteiger charge is 2.25. The average molecular weight is 446 g/mol. The van der Waals surface area contributed by atoms with Gasteiger partial charge in [0, 0.05) is 62.1 Å². The molecule has 2 aromatic carbocycles. The summed E-state index contributed by atoms with van der Waals surface area (Å²) < 4.78 is 37.8. The Kier molecular flexibility index (Phi) is 6.13. The van der Waals surface area contributed by atoms with Gasteiger partial charge in [0.2, 0.25) is 0 Å². The van der Waals surface area contributed by atoms with Gasteiger partial charge in [0.1, 0.15) is 0 Å². The van der Waals surface area contributed by atoms with Crippen LogP contribution in [0.2, 0.25) is 0 Å². The molecule has 2 heterocycles. The van der Waals surface area contributed by atoms with Gasteiger partial charge in [-0.2, -0.15) is 0 Å². The molecule has 10 heteroatoms. The number of rotatable bonds is 6. The molecule has 4 rings (SSSR count). The second kappa shape index (κ2) is 8.99. The monoisotopic (exact) mass is 446 g/mol. The molecule has 1 saturated heterocycles. The number of carbonyl (C=O) groups is 1. The molecule has 1 amide bonds. The molecular weight excluding hydrogens is 422 g/mol. The Balaban J connectivity index is 1.30. The van der Waals surface area contributed by atoms with Crippen molar-refractivity contribution in [3.63, 3.8) is 0 Å². The topological polar surface area (TPSA) is 90.8 Å². The summed E-state index contributed by atoms with van der Waals surface area (Å²) >= 11 is 0. The molecule has 1 aliphatic heterocycles. The van der Waals surface area contributed by atoms with Crippen LogP contribution in [-0.2, 0) is 0 Å². The van der Waals surface area contributed by atoms with E-state index in [-0.39, 0.29) is 17.7 Å². The third kappa shape index (κ3) is 4.45. The number of halogens is 2. The minimum absolute atomic E-state index is 0.124. The van der Waals surface area contributed by atoms with Crippen LogP contribution in [0.4, 0.5) is 14.5 Å². The molecule has 1 aromatic heterocycles. The molecule has 3 aromatic rings. The lowest BCUT2D eigenvalue weighted by Crippen LogP contribution is -2.53. The van der Waals surface area contributed by atoms with Gasteiger partial charge in [0.05, 0.1) is 12.6 Å². The predicted molar refractivity (Wildman–Crippen MR) is 115 cm³/mol. The summed E-state index contributed by atoms with van der Waals surface area (Å²) in [6.07, 6.45) is 0. The molecule has 1 aliphatic rings. The molecule has 2 N–H and O–H groups in total. The van der Waals surface area contributed by atoms with Crippen LogP contribution in [0.5, 0.6) is 5.75 Å². The van der Waals surface area contributed by atoms with Crippen LogP contribution in [0, 0.1) is 11.6 Å². The fourth-order valence-corrected chi connectivity index (χ4v) is 3.99. The third-order valence-electron chi connectivity index (χ3n) is 5.69. The number of carbonyl (C=O) groups excluding carboxylic acids is 1. The summed E-state index contributed by atoms with van der Waals surface area (Å²) in [6.45, 7) is 4.99. The van der Waals surface area contributed by atoms with E-state index in [1.165, 1.54) is 25.3 Å². The normalized spacial score (nSPS) is 17.0. The number of aromatic nitrogens is 1. The van der Waals surface area contributed by atoms with E-state index in [2.05, 4.69) is 15.2 Å². The lowest BCUT2D eigenvalue weighted by molar-refractivity contribution is 0.0942. The summed E-state index contributed by atoms with van der Waals surface area (Å²) in [5, 5.41) is 2.87. The second-order valence-electron chi connectivity index (χ2n) is 7.76. The zero-order chi connectivity index (χ0) is 22.8. The van der Waals surface area contributed by atoms with Crippen molar-refractivity contribution < 1.29 is 22.7 Å². The zero-order valence-electron chi connectivity index (χ0n) is 17.8. The Hall–Kier alpha value is -3.40. The van der Waals surface area contributed by atoms with E-state index in [0.717, 1.165) is 0 Å². The number of hydrogen-bond acceptors (Lipinski definition) is 6. The number of oxazole rings is 1. The Morgan fingerprint density at radius 3 is 2.69 bits per heavy atom. The van der Waals surface area contributed by atoms with Crippen molar-refractivity contribution in [1.29, 1.82) is 0 Å². The highest BCUT2D eigenvalue weighted by Crippen LogP contribution is 2.28. The second-order valence-corrected chi connectivity index (χ2v) is 7.76. The molecule has 32 heavy (non-hydrogen) atoms. The van der Waals surface area contributed by atoms with Crippen molar-refractivity contribution in [1.82, 2.24) is 15.2 Å². The van der Waals surface area contributed by atoms with E-state index < -0.39 is 17.4 Å². The summed E-state index contributed by atoms with van der Waals surface area (Å²) in [7, 11) is 1.23. The number of aromatic amines is 1. The molecule has 170 valence electrons. The molecular formula is C22H24F2N4O4. The molecule has 0 bridgehead atoms. The first-order chi connectivity index (χ1) is 15.4. The molecule has 1 fully saturated rings. The maximum Gasteiger partial charge on any atom is 0.417 e. The molecule has 1 atom stereocenters. The SMILES string of the molecule is COc1c(F)cc(N2CCN(CCNC(=O)c3ccc4[nH]c(=O)oc4c3)[C@H](C)C2)cc1F. The van der Waals surface area contributed by atoms with Crippen LogP contribution in [0.3, 0.4) is 0 Å². The standard InChI is InChI=1S/C22H24F2N4O4/c1-13-12-28(15-10-16(23)20(31-2)17(24)11-15)8-7-27(13)6-5-25-21(29)14-3-4-18-19(9-14)32-22(30)26-18/h3-4,9-11,13H,5-8,12H2,1-2H3,(H,25,29)(H,26,30)/t13-/m1/s1. The fourth-order valence-electron chi connectivity index (χ4n) is 3.99. The van der Waals surface area contributed by atoms with E-state index in [1.807, 2.05) is 11.8 Å². The average Bonchev–Trinajstić information content (AvgIpc) is 3.13. The number of H-pyrrole nitrogens is 1. The van der Waals surface area contributed by atoms with E-state index in [1.54, 1.807) is 12.1 Å². The van der Waals surface area contributed by atoms with Crippen LogP contribution in [0.25, 0.3) is 11.1 Å². The first kappa shape index (κ1) is 21.8. The highest BCUT2D eigenvalue weighted by molar-refractivity contribution is 5.96. The lowest BCUT2D eigenvalue weighted by atomic mass is 10.1. The Morgan fingerprint density at radius 1 is 1.25 bits per heavy atom. The summed E-state index contributed by atoms with van der Waals surface area (Å²) in [5.74, 6) is -2.65. The number of amides is 1. The number of methoxy groups -OCH3 is 1. The highest BCUT2D eigenvalue weighted by atomic mass is 19.1. The number of benzene rings is 2. The van der Waals surface area contributed by atoms with Gasteiger partial charge in [-0.15, -0.1) is 0 Å². The maximum atomic E-state index is 14.0. The van der Waals surface area contributed by atoms with Crippen molar-refractivity contribution in [2.75, 3.05) is 44.7 Å². The van der Waals surface area contributed by atoms with Gasteiger partial charge in [-0.1, -0.05) is 0 Å². The molecule has 0 saturated carbocycles. The molecule has 0 unspecified atom stereocenters. The Morgan fingerprint density at radius 2 is 2.00 bits per heavy atom. The van der Waals surface area contributed by atoms with Crippen molar-refractivity contribution in [3.8, 4) is 5.75 Å². The van der Waals surface area contributed by atoms with E-state index >= 15 is 0 Å². The zero-order valence-corrected chi connectivity index (χ0v) is 17.8. The molecule has 0 aliphatic carbocycles. The minimum Gasteiger partial charge on any atom is -0.491 e. The third-order valence-corrected chi connectivity index (χ3v) is 5.69. The van der Waals surface area contributed by atoms with Crippen LogP contribution in [0.1, 0.15) is 17.3 Å². The number of nitrogens with one attached hydrogen (secondary N) is 2. The summed E-state index contributed by atoms with van der Waals surface area (Å²) in [6, 6.07) is 7.47. The lowest BCUT2D eigenvalue weighted by Gasteiger charge is -2.41. The van der Waals surface area contributed by atoms with Crippen molar-refractivity contribution in [2.24, 2.45) is 0 Å². The maximum absolute atomic E-state index is 14.0. The summed E-state index contributed by atoms with van der Waals surface area (Å²) in [4.78, 5) is 30.3. The minimum atomic E-state index is -0.725. The largest absolute Gasteiger partial charge is 0.491 e. The van der Waals surface area contributed by atoms with Gasteiger partial charge >= 0.3 is 5.76 Å². The van der Waals surface area contributed by atoms with Crippen LogP contribution < -0.4 is 20.7 Å². The van der Waals surface area contributed by atoms with Crippen molar-refractivity contribution in [3.05, 3.63) is 58.1 Å². The Labute approximate surface area is 182 Å².